The van der Waals surface area contributed by atoms with Crippen LogP contribution in [0.15, 0.2) is 52.7 Å². The third-order valence-corrected chi connectivity index (χ3v) is 8.45. The molecule has 1 aliphatic heterocycles. The van der Waals surface area contributed by atoms with Crippen LogP contribution in [-0.4, -0.2) is 19.3 Å². The molecule has 28 heavy (non-hydrogen) atoms. The molecule has 1 aliphatic rings. The van der Waals surface area contributed by atoms with Gasteiger partial charge < -0.3 is 0 Å². The molecular weight excluding hydrogens is 393 g/mol. The third kappa shape index (κ3) is 3.19. The summed E-state index contributed by atoms with van der Waals surface area (Å²) in [7, 11) is -3.72. The predicted molar refractivity (Wildman–Crippen MR) is 111 cm³/mol. The quantitative estimate of drug-likeness (QED) is 0.593. The Morgan fingerprint density at radius 3 is 2.32 bits per heavy atom. The molecule has 6 heteroatoms. The molecule has 0 bridgehead atoms. The number of fused-ring (bicyclic) bond motifs is 1. The second-order valence-corrected chi connectivity index (χ2v) is 10.2. The van der Waals surface area contributed by atoms with E-state index in [1.807, 2.05) is 44.4 Å². The molecule has 0 N–H and O–H groups in total. The Labute approximate surface area is 169 Å². The van der Waals surface area contributed by atoms with Gasteiger partial charge in [0.15, 0.2) is 0 Å². The summed E-state index contributed by atoms with van der Waals surface area (Å²) >= 11 is 1.65. The van der Waals surface area contributed by atoms with Crippen molar-refractivity contribution < 1.29 is 12.8 Å². The van der Waals surface area contributed by atoms with Gasteiger partial charge in [-0.05, 0) is 73.0 Å². The van der Waals surface area contributed by atoms with E-state index in [1.54, 1.807) is 27.8 Å². The van der Waals surface area contributed by atoms with Gasteiger partial charge in [-0.2, -0.15) is 4.31 Å². The molecule has 0 spiro atoms. The normalized spacial score (nSPS) is 17.5. The molecule has 3 aromatic rings. The molecule has 3 nitrogen and oxygen atoms in total. The Bertz CT molecular complexity index is 1110. The maximum absolute atomic E-state index is 13.8. The first-order chi connectivity index (χ1) is 13.3. The lowest BCUT2D eigenvalue weighted by Gasteiger charge is -2.36. The smallest absolute Gasteiger partial charge is 0.207 e. The highest BCUT2D eigenvalue weighted by atomic mass is 32.2. The second-order valence-electron chi connectivity index (χ2n) is 7.35. The number of thiophene rings is 1. The van der Waals surface area contributed by atoms with Crippen LogP contribution in [-0.2, 0) is 16.4 Å². The van der Waals surface area contributed by atoms with Crippen molar-refractivity contribution in [3.63, 3.8) is 0 Å². The number of hydrogen-bond acceptors (Lipinski definition) is 3. The van der Waals surface area contributed by atoms with Gasteiger partial charge in [-0.1, -0.05) is 29.8 Å². The molecule has 4 rings (SSSR count). The summed E-state index contributed by atoms with van der Waals surface area (Å²) in [6.45, 7) is 6.07. The summed E-state index contributed by atoms with van der Waals surface area (Å²) in [5.74, 6) is -0.329. The third-order valence-electron chi connectivity index (χ3n) is 5.28. The van der Waals surface area contributed by atoms with E-state index < -0.39 is 16.1 Å². The van der Waals surface area contributed by atoms with Crippen molar-refractivity contribution in [2.24, 2.45) is 0 Å². The van der Waals surface area contributed by atoms with Gasteiger partial charge in [-0.25, -0.2) is 12.8 Å². The predicted octanol–water partition coefficient (Wildman–Crippen LogP) is 5.15. The maximum atomic E-state index is 13.8. The Balaban J connectivity index is 1.89. The van der Waals surface area contributed by atoms with E-state index in [0.29, 0.717) is 17.9 Å². The van der Waals surface area contributed by atoms with Crippen LogP contribution in [0.4, 0.5) is 4.39 Å². The summed E-state index contributed by atoms with van der Waals surface area (Å²) in [5, 5.41) is 2.00. The molecule has 0 radical (unpaired) electrons. The van der Waals surface area contributed by atoms with Gasteiger partial charge in [0.05, 0.1) is 10.9 Å². The van der Waals surface area contributed by atoms with Gasteiger partial charge in [0, 0.05) is 11.4 Å². The van der Waals surface area contributed by atoms with E-state index in [9.17, 15) is 12.8 Å². The van der Waals surface area contributed by atoms with Crippen molar-refractivity contribution in [2.45, 2.75) is 38.1 Å². The summed E-state index contributed by atoms with van der Waals surface area (Å²) in [6.07, 6.45) is 0.688. The minimum Gasteiger partial charge on any atom is -0.207 e. The Morgan fingerprint density at radius 2 is 1.68 bits per heavy atom. The fourth-order valence-corrected chi connectivity index (χ4v) is 7.15. The van der Waals surface area contributed by atoms with E-state index >= 15 is 0 Å². The molecule has 0 amide bonds. The average Bonchev–Trinajstić information content (AvgIpc) is 3.09. The van der Waals surface area contributed by atoms with Crippen molar-refractivity contribution in [2.75, 3.05) is 6.54 Å². The summed E-state index contributed by atoms with van der Waals surface area (Å²) < 4.78 is 42.6. The minimum atomic E-state index is -3.72. The number of nitrogens with zero attached hydrogens (tertiary/aromatic N) is 1. The number of sulfonamides is 1. The van der Waals surface area contributed by atoms with Crippen LogP contribution in [0.2, 0.25) is 0 Å². The molecule has 146 valence electrons. The summed E-state index contributed by atoms with van der Waals surface area (Å²) in [4.78, 5) is 1.57. The molecule has 0 aliphatic carbocycles. The number of halogens is 1. The van der Waals surface area contributed by atoms with Crippen molar-refractivity contribution >= 4 is 21.4 Å². The van der Waals surface area contributed by atoms with Crippen molar-refractivity contribution in [1.29, 1.82) is 0 Å². The summed E-state index contributed by atoms with van der Waals surface area (Å²) in [5.41, 5.74) is 4.33. The molecule has 0 saturated carbocycles. The number of hydrogen-bond donors (Lipinski definition) is 0. The van der Waals surface area contributed by atoms with E-state index in [-0.39, 0.29) is 5.82 Å². The van der Waals surface area contributed by atoms with E-state index in [1.165, 1.54) is 17.0 Å². The second kappa shape index (κ2) is 7.10. The molecule has 0 saturated heterocycles. The SMILES string of the molecule is Cc1cc(C)c(S(=O)(=O)N2CCc3sccc3[C@@H]2c2ccc(F)cc2)c(C)c1. The van der Waals surface area contributed by atoms with Crippen molar-refractivity contribution in [1.82, 2.24) is 4.31 Å². The van der Waals surface area contributed by atoms with Gasteiger partial charge in [-0.3, -0.25) is 0 Å². The Morgan fingerprint density at radius 1 is 1.04 bits per heavy atom. The van der Waals surface area contributed by atoms with E-state index in [2.05, 4.69) is 0 Å². The van der Waals surface area contributed by atoms with E-state index in [4.69, 9.17) is 0 Å². The van der Waals surface area contributed by atoms with Crippen LogP contribution in [0.25, 0.3) is 0 Å². The van der Waals surface area contributed by atoms with Gasteiger partial charge >= 0.3 is 0 Å². The van der Waals surface area contributed by atoms with Crippen LogP contribution < -0.4 is 0 Å². The standard InChI is InChI=1S/C22H22FNO2S2/c1-14-12-15(2)22(16(3)13-14)28(25,26)24-10-8-20-19(9-11-27-20)21(24)17-4-6-18(23)7-5-17/h4-7,9,11-13,21H,8,10H2,1-3H3/t21-/m0/s1. The van der Waals surface area contributed by atoms with Crippen LogP contribution in [0.1, 0.15) is 38.7 Å². The van der Waals surface area contributed by atoms with Gasteiger partial charge in [-0.15, -0.1) is 11.3 Å². The monoisotopic (exact) mass is 415 g/mol. The Hall–Kier alpha value is -2.02. The zero-order chi connectivity index (χ0) is 20.1. The highest BCUT2D eigenvalue weighted by Gasteiger charge is 2.39. The fourth-order valence-electron chi connectivity index (χ4n) is 4.23. The van der Waals surface area contributed by atoms with Gasteiger partial charge in [0.25, 0.3) is 0 Å². The van der Waals surface area contributed by atoms with Crippen molar-refractivity contribution in [3.05, 3.63) is 86.4 Å². The minimum absolute atomic E-state index is 0.329. The molecule has 2 heterocycles. The molecule has 2 aromatic carbocycles. The van der Waals surface area contributed by atoms with E-state index in [0.717, 1.165) is 27.8 Å². The van der Waals surface area contributed by atoms with Crippen LogP contribution >= 0.6 is 11.3 Å². The molecule has 0 unspecified atom stereocenters. The number of benzene rings is 2. The Kier molecular flexibility index (Phi) is 4.89. The zero-order valence-corrected chi connectivity index (χ0v) is 17.7. The highest BCUT2D eigenvalue weighted by molar-refractivity contribution is 7.89. The lowest BCUT2D eigenvalue weighted by Crippen LogP contribution is -2.40. The first kappa shape index (κ1) is 19.3. The summed E-state index contributed by atoms with van der Waals surface area (Å²) in [6, 6.07) is 11.5. The largest absolute Gasteiger partial charge is 0.244 e. The lowest BCUT2D eigenvalue weighted by atomic mass is 9.95. The number of rotatable bonds is 3. The topological polar surface area (TPSA) is 37.4 Å². The van der Waals surface area contributed by atoms with Crippen LogP contribution in [0.5, 0.6) is 0 Å². The molecule has 1 aromatic heterocycles. The number of aryl methyl sites for hydroxylation is 3. The molecule has 0 fully saturated rings. The highest BCUT2D eigenvalue weighted by Crippen LogP contribution is 2.41. The lowest BCUT2D eigenvalue weighted by molar-refractivity contribution is 0.346. The van der Waals surface area contributed by atoms with Crippen molar-refractivity contribution in [3.8, 4) is 0 Å². The zero-order valence-electron chi connectivity index (χ0n) is 16.1. The average molecular weight is 416 g/mol. The van der Waals surface area contributed by atoms with Gasteiger partial charge in [0.2, 0.25) is 10.0 Å². The molecular formula is C22H22FNO2S2. The first-order valence-electron chi connectivity index (χ1n) is 9.20. The van der Waals surface area contributed by atoms with Gasteiger partial charge in [0.1, 0.15) is 5.82 Å². The van der Waals surface area contributed by atoms with Crippen LogP contribution in [0.3, 0.4) is 0 Å². The molecule has 1 atom stereocenters. The first-order valence-corrected chi connectivity index (χ1v) is 11.5. The fraction of sp³-hybridized carbons (Fsp3) is 0.273. The van der Waals surface area contributed by atoms with Crippen LogP contribution in [0, 0.1) is 26.6 Å². The maximum Gasteiger partial charge on any atom is 0.244 e.